The number of hydrogen-bond donors (Lipinski definition) is 4. The summed E-state index contributed by atoms with van der Waals surface area (Å²) in [6, 6.07) is 1.26. The molecule has 0 saturated carbocycles. The third-order valence-corrected chi connectivity index (χ3v) is 4.14. The minimum Gasteiger partial charge on any atom is -0.478 e. The van der Waals surface area contributed by atoms with Crippen LogP contribution in [0.4, 0.5) is 0 Å². The third-order valence-electron chi connectivity index (χ3n) is 4.14. The van der Waals surface area contributed by atoms with Crippen LogP contribution in [-0.4, -0.2) is 63.0 Å². The van der Waals surface area contributed by atoms with E-state index in [0.717, 1.165) is 6.20 Å². The van der Waals surface area contributed by atoms with Gasteiger partial charge in [0.1, 0.15) is 5.78 Å². The zero-order chi connectivity index (χ0) is 20.1. The van der Waals surface area contributed by atoms with Crippen LogP contribution in [0.25, 0.3) is 0 Å². The molecule has 1 aliphatic heterocycles. The number of carboxylic acid groups (broad SMARTS) is 2. The van der Waals surface area contributed by atoms with E-state index in [1.807, 2.05) is 0 Å². The summed E-state index contributed by atoms with van der Waals surface area (Å²) in [6.07, 6.45) is 1.33. The number of nitrogens with zero attached hydrogens (tertiary/aromatic N) is 1. The minimum absolute atomic E-state index is 0.00641. The highest BCUT2D eigenvalue weighted by Gasteiger charge is 2.36. The van der Waals surface area contributed by atoms with Crippen molar-refractivity contribution in [1.29, 1.82) is 0 Å². The van der Waals surface area contributed by atoms with Gasteiger partial charge in [-0.15, -0.1) is 0 Å². The normalized spacial score (nSPS) is 19.4. The van der Waals surface area contributed by atoms with Gasteiger partial charge in [0.25, 0.3) is 0 Å². The second kappa shape index (κ2) is 8.74. The molecule has 1 aromatic rings. The van der Waals surface area contributed by atoms with Gasteiger partial charge in [-0.25, -0.2) is 14.6 Å². The molecule has 0 radical (unpaired) electrons. The summed E-state index contributed by atoms with van der Waals surface area (Å²) in [7, 11) is -1.29. The molecule has 27 heavy (non-hydrogen) atoms. The van der Waals surface area contributed by atoms with Gasteiger partial charge in [0.2, 0.25) is 5.91 Å². The number of pyridine rings is 1. The van der Waals surface area contributed by atoms with Crippen molar-refractivity contribution < 1.29 is 39.1 Å². The largest absolute Gasteiger partial charge is 0.478 e. The number of ketones is 1. The van der Waals surface area contributed by atoms with Crippen molar-refractivity contribution >= 4 is 30.7 Å². The number of hydrogen-bond acceptors (Lipinski definition) is 7. The smallest absolute Gasteiger partial charge is 0.478 e. The molecule has 1 aromatic heterocycles. The van der Waals surface area contributed by atoms with E-state index in [1.165, 1.54) is 13.0 Å². The lowest BCUT2D eigenvalue weighted by molar-refractivity contribution is -0.122. The molecule has 10 nitrogen and oxygen atoms in total. The average Bonchev–Trinajstić information content (AvgIpc) is 2.56. The summed E-state index contributed by atoms with van der Waals surface area (Å²) in [5, 5.41) is 30.8. The van der Waals surface area contributed by atoms with Gasteiger partial charge in [0.15, 0.2) is 5.69 Å². The summed E-state index contributed by atoms with van der Waals surface area (Å²) < 4.78 is 5.31. The van der Waals surface area contributed by atoms with Crippen LogP contribution in [0.3, 0.4) is 0 Å². The molecule has 0 unspecified atom stereocenters. The van der Waals surface area contributed by atoms with Crippen LogP contribution in [0, 0.1) is 0 Å². The molecule has 1 fully saturated rings. The molecule has 1 saturated heterocycles. The summed E-state index contributed by atoms with van der Waals surface area (Å²) in [4.78, 5) is 49.4. The summed E-state index contributed by atoms with van der Waals surface area (Å²) >= 11 is 0. The van der Waals surface area contributed by atoms with E-state index in [4.69, 9.17) is 9.76 Å². The SMILES string of the molecule is CC(=O)C[C@@H]1CC[C@H](NC(=O)Cc2ccnc(C(=O)O)c2C(=O)O)B(O)O1. The van der Waals surface area contributed by atoms with Gasteiger partial charge in [-0.3, -0.25) is 9.59 Å². The number of carbonyl (C=O) groups excluding carboxylic acids is 2. The predicted octanol–water partition coefficient (Wildman–Crippen LogP) is -0.317. The molecular formula is C16H19BN2O8. The lowest BCUT2D eigenvalue weighted by atomic mass is 9.72. The second-order valence-electron chi connectivity index (χ2n) is 6.29. The Balaban J connectivity index is 2.04. The minimum atomic E-state index is -1.51. The van der Waals surface area contributed by atoms with Crippen molar-refractivity contribution in [3.8, 4) is 0 Å². The molecule has 0 bridgehead atoms. The fourth-order valence-corrected chi connectivity index (χ4v) is 2.96. The van der Waals surface area contributed by atoms with Crippen LogP contribution >= 0.6 is 0 Å². The zero-order valence-electron chi connectivity index (χ0n) is 14.5. The first kappa shape index (κ1) is 20.5. The van der Waals surface area contributed by atoms with Crippen LogP contribution in [0.5, 0.6) is 0 Å². The number of carbonyl (C=O) groups is 4. The van der Waals surface area contributed by atoms with E-state index in [9.17, 15) is 29.3 Å². The highest BCUT2D eigenvalue weighted by Crippen LogP contribution is 2.19. The van der Waals surface area contributed by atoms with Crippen LogP contribution in [-0.2, 0) is 20.7 Å². The maximum atomic E-state index is 12.2. The maximum absolute atomic E-state index is 12.2. The second-order valence-corrected chi connectivity index (χ2v) is 6.29. The molecule has 4 N–H and O–H groups in total. The van der Waals surface area contributed by atoms with Crippen LogP contribution in [0.15, 0.2) is 12.3 Å². The summed E-state index contributed by atoms with van der Waals surface area (Å²) in [5.74, 6) is -4.39. The topological polar surface area (TPSA) is 163 Å². The fraction of sp³-hybridized carbons (Fsp3) is 0.438. The molecule has 2 atom stereocenters. The van der Waals surface area contributed by atoms with Gasteiger partial charge in [-0.05, 0) is 31.4 Å². The molecule has 1 amide bonds. The number of nitrogens with one attached hydrogen (secondary N) is 1. The number of aromatic nitrogens is 1. The molecule has 1 aliphatic rings. The highest BCUT2D eigenvalue weighted by molar-refractivity contribution is 6.45. The zero-order valence-corrected chi connectivity index (χ0v) is 14.5. The van der Waals surface area contributed by atoms with E-state index in [2.05, 4.69) is 10.3 Å². The van der Waals surface area contributed by atoms with Crippen molar-refractivity contribution in [2.24, 2.45) is 0 Å². The van der Waals surface area contributed by atoms with E-state index in [0.29, 0.717) is 12.8 Å². The first-order chi connectivity index (χ1) is 12.7. The monoisotopic (exact) mass is 378 g/mol. The van der Waals surface area contributed by atoms with Gasteiger partial charge in [-0.2, -0.15) is 0 Å². The Kier molecular flexibility index (Phi) is 6.64. The van der Waals surface area contributed by atoms with E-state index in [-0.39, 0.29) is 17.8 Å². The number of carboxylic acids is 2. The Morgan fingerprint density at radius 2 is 1.96 bits per heavy atom. The number of Topliss-reactive ketones (excluding diaryl/α,β-unsaturated/α-hetero) is 1. The van der Waals surface area contributed by atoms with Gasteiger partial charge in [-0.1, -0.05) is 0 Å². The van der Waals surface area contributed by atoms with Crippen molar-refractivity contribution in [2.45, 2.75) is 44.7 Å². The Hall–Kier alpha value is -2.79. The van der Waals surface area contributed by atoms with Gasteiger partial charge in [0, 0.05) is 18.7 Å². The van der Waals surface area contributed by atoms with E-state index < -0.39 is 54.7 Å². The third kappa shape index (κ3) is 5.34. The lowest BCUT2D eigenvalue weighted by Crippen LogP contribution is -2.53. The molecule has 0 aromatic carbocycles. The Bertz CT molecular complexity index is 769. The van der Waals surface area contributed by atoms with Crippen LogP contribution < -0.4 is 5.32 Å². The summed E-state index contributed by atoms with van der Waals surface area (Å²) in [6.45, 7) is 1.42. The maximum Gasteiger partial charge on any atom is 0.478 e. The molecule has 11 heteroatoms. The molecule has 2 rings (SSSR count). The van der Waals surface area contributed by atoms with Gasteiger partial charge >= 0.3 is 19.1 Å². The van der Waals surface area contributed by atoms with Crippen LogP contribution in [0.2, 0.25) is 0 Å². The first-order valence-corrected chi connectivity index (χ1v) is 8.25. The summed E-state index contributed by atoms with van der Waals surface area (Å²) in [5.41, 5.74) is -1.21. The molecule has 2 heterocycles. The van der Waals surface area contributed by atoms with E-state index >= 15 is 0 Å². The predicted molar refractivity (Wildman–Crippen MR) is 91.2 cm³/mol. The number of amides is 1. The first-order valence-electron chi connectivity index (χ1n) is 8.25. The van der Waals surface area contributed by atoms with Crippen molar-refractivity contribution in [3.05, 3.63) is 29.1 Å². The Labute approximate surface area is 154 Å². The Morgan fingerprint density at radius 3 is 2.52 bits per heavy atom. The van der Waals surface area contributed by atoms with E-state index in [1.54, 1.807) is 0 Å². The number of rotatable bonds is 7. The molecule has 0 aliphatic carbocycles. The lowest BCUT2D eigenvalue weighted by Gasteiger charge is -2.31. The molecular weight excluding hydrogens is 359 g/mol. The quantitative estimate of drug-likeness (QED) is 0.466. The van der Waals surface area contributed by atoms with Crippen molar-refractivity contribution in [3.63, 3.8) is 0 Å². The van der Waals surface area contributed by atoms with Crippen molar-refractivity contribution in [1.82, 2.24) is 10.3 Å². The van der Waals surface area contributed by atoms with Crippen LogP contribution in [0.1, 0.15) is 52.6 Å². The van der Waals surface area contributed by atoms with Gasteiger partial charge in [0.05, 0.1) is 17.9 Å². The standard InChI is InChI=1S/C16H19BN2O8/c1-8(20)6-10-2-3-11(17(26)27-10)19-12(21)7-9-4-5-18-14(16(24)25)13(9)15(22)23/h4-5,10-11,26H,2-3,6-7H2,1H3,(H,19,21)(H,22,23)(H,24,25)/t10-,11-/m0/s1. The average molecular weight is 378 g/mol. The molecule has 144 valence electrons. The number of aromatic carboxylic acids is 2. The van der Waals surface area contributed by atoms with Gasteiger partial charge < -0.3 is 25.2 Å². The molecule has 0 spiro atoms. The van der Waals surface area contributed by atoms with Crippen molar-refractivity contribution in [2.75, 3.05) is 0 Å². The fourth-order valence-electron chi connectivity index (χ4n) is 2.96. The Morgan fingerprint density at radius 1 is 1.26 bits per heavy atom. The highest BCUT2D eigenvalue weighted by atomic mass is 16.5.